The van der Waals surface area contributed by atoms with Crippen LogP contribution in [0.5, 0.6) is 0 Å². The summed E-state index contributed by atoms with van der Waals surface area (Å²) in [5, 5.41) is 5.81. The number of thiazole rings is 1. The van der Waals surface area contributed by atoms with Crippen molar-refractivity contribution in [1.29, 1.82) is 0 Å². The molecule has 0 saturated heterocycles. The highest BCUT2D eigenvalue weighted by molar-refractivity contribution is 7.09. The second kappa shape index (κ2) is 6.66. The number of fused-ring (bicyclic) bond motifs is 1. The van der Waals surface area contributed by atoms with Crippen LogP contribution in [0, 0.1) is 12.8 Å². The van der Waals surface area contributed by atoms with Gasteiger partial charge in [-0.05, 0) is 43.7 Å². The third-order valence-corrected chi connectivity index (χ3v) is 5.23. The van der Waals surface area contributed by atoms with E-state index in [2.05, 4.69) is 22.2 Å². The molecule has 0 spiro atoms. The van der Waals surface area contributed by atoms with E-state index in [1.807, 2.05) is 12.3 Å². The summed E-state index contributed by atoms with van der Waals surface area (Å²) >= 11 is 1.59. The summed E-state index contributed by atoms with van der Waals surface area (Å²) in [5.41, 5.74) is 3.01. The average molecular weight is 331 g/mol. The topological polar surface area (TPSA) is 74.8 Å². The minimum Gasteiger partial charge on any atom is -0.351 e. The van der Waals surface area contributed by atoms with Crippen LogP contribution >= 0.6 is 11.3 Å². The van der Waals surface area contributed by atoms with Crippen molar-refractivity contribution in [1.82, 2.24) is 15.3 Å². The Morgan fingerprint density at radius 1 is 1.52 bits per heavy atom. The SMILES string of the molecule is Cc1csc(CCNC(=O)c2cc3c([nH]c2=O)CC[C@H](C)C3)n1. The number of aryl methyl sites for hydroxylation is 2. The van der Waals surface area contributed by atoms with Crippen molar-refractivity contribution in [3.05, 3.63) is 49.3 Å². The normalized spacial score (nSPS) is 16.9. The fourth-order valence-corrected chi connectivity index (χ4v) is 3.73. The molecule has 1 aliphatic carbocycles. The number of hydrogen-bond donors (Lipinski definition) is 2. The van der Waals surface area contributed by atoms with E-state index in [0.717, 1.165) is 41.2 Å². The Bertz CT molecular complexity index is 778. The van der Waals surface area contributed by atoms with Crippen molar-refractivity contribution in [2.45, 2.75) is 39.5 Å². The average Bonchev–Trinajstić information content (AvgIpc) is 2.92. The molecule has 1 aliphatic rings. The van der Waals surface area contributed by atoms with Crippen LogP contribution in [-0.4, -0.2) is 22.4 Å². The Morgan fingerprint density at radius 3 is 3.09 bits per heavy atom. The number of carbonyl (C=O) groups is 1. The maximum Gasteiger partial charge on any atom is 0.261 e. The van der Waals surface area contributed by atoms with E-state index >= 15 is 0 Å². The summed E-state index contributed by atoms with van der Waals surface area (Å²) in [4.78, 5) is 31.6. The van der Waals surface area contributed by atoms with E-state index in [4.69, 9.17) is 0 Å². The van der Waals surface area contributed by atoms with Crippen LogP contribution in [0.2, 0.25) is 0 Å². The molecule has 2 aromatic heterocycles. The molecular weight excluding hydrogens is 310 g/mol. The third kappa shape index (κ3) is 3.69. The number of pyridine rings is 1. The summed E-state index contributed by atoms with van der Waals surface area (Å²) in [6.45, 7) is 4.63. The molecule has 1 amide bonds. The molecule has 2 heterocycles. The lowest BCUT2D eigenvalue weighted by molar-refractivity contribution is 0.0952. The van der Waals surface area contributed by atoms with Gasteiger partial charge in [0.1, 0.15) is 5.56 Å². The van der Waals surface area contributed by atoms with Gasteiger partial charge in [-0.2, -0.15) is 0 Å². The van der Waals surface area contributed by atoms with Gasteiger partial charge in [0.2, 0.25) is 0 Å². The van der Waals surface area contributed by atoms with Crippen LogP contribution in [0.15, 0.2) is 16.2 Å². The number of carbonyl (C=O) groups excluding carboxylic acids is 1. The van der Waals surface area contributed by atoms with Gasteiger partial charge in [-0.15, -0.1) is 11.3 Å². The molecule has 0 unspecified atom stereocenters. The minimum absolute atomic E-state index is 0.216. The summed E-state index contributed by atoms with van der Waals surface area (Å²) in [7, 11) is 0. The lowest BCUT2D eigenvalue weighted by Crippen LogP contribution is -2.32. The summed E-state index contributed by atoms with van der Waals surface area (Å²) in [6, 6.07) is 1.77. The Labute approximate surface area is 139 Å². The highest BCUT2D eigenvalue weighted by Gasteiger charge is 2.20. The van der Waals surface area contributed by atoms with E-state index in [-0.39, 0.29) is 17.0 Å². The number of amides is 1. The number of nitrogens with one attached hydrogen (secondary N) is 2. The molecule has 2 aromatic rings. The number of H-pyrrole nitrogens is 1. The first-order valence-corrected chi connectivity index (χ1v) is 8.85. The smallest absolute Gasteiger partial charge is 0.261 e. The van der Waals surface area contributed by atoms with Crippen molar-refractivity contribution < 1.29 is 4.79 Å². The first-order valence-electron chi connectivity index (χ1n) is 7.97. The van der Waals surface area contributed by atoms with Gasteiger partial charge in [0.25, 0.3) is 11.5 Å². The number of aromatic nitrogens is 2. The standard InChI is InChI=1S/C17H21N3O2S/c1-10-3-4-14-12(7-10)8-13(17(22)20-14)16(21)18-6-5-15-19-11(2)9-23-15/h8-10H,3-7H2,1-2H3,(H,18,21)(H,20,22)/t10-/m0/s1. The van der Waals surface area contributed by atoms with E-state index in [1.54, 1.807) is 17.4 Å². The number of rotatable bonds is 4. The second-order valence-electron chi connectivity index (χ2n) is 6.25. The molecular formula is C17H21N3O2S. The first-order chi connectivity index (χ1) is 11.0. The maximum absolute atomic E-state index is 12.3. The van der Waals surface area contributed by atoms with Crippen LogP contribution in [0.1, 0.15) is 45.7 Å². The Morgan fingerprint density at radius 2 is 2.35 bits per heavy atom. The van der Waals surface area contributed by atoms with Crippen molar-refractivity contribution in [3.8, 4) is 0 Å². The first kappa shape index (κ1) is 15.9. The van der Waals surface area contributed by atoms with Crippen LogP contribution in [0.4, 0.5) is 0 Å². The van der Waals surface area contributed by atoms with E-state index in [1.165, 1.54) is 0 Å². The number of hydrogen-bond acceptors (Lipinski definition) is 4. The predicted octanol–water partition coefficient (Wildman–Crippen LogP) is 2.24. The predicted molar refractivity (Wildman–Crippen MR) is 91.1 cm³/mol. The zero-order chi connectivity index (χ0) is 16.4. The molecule has 0 fully saturated rings. The molecule has 6 heteroatoms. The molecule has 0 saturated carbocycles. The van der Waals surface area contributed by atoms with Gasteiger partial charge in [0, 0.05) is 29.7 Å². The van der Waals surface area contributed by atoms with Gasteiger partial charge in [0.15, 0.2) is 0 Å². The van der Waals surface area contributed by atoms with Crippen molar-refractivity contribution in [3.63, 3.8) is 0 Å². The highest BCUT2D eigenvalue weighted by Crippen LogP contribution is 2.23. The van der Waals surface area contributed by atoms with Crippen LogP contribution in [0.25, 0.3) is 0 Å². The van der Waals surface area contributed by atoms with Gasteiger partial charge < -0.3 is 10.3 Å². The van der Waals surface area contributed by atoms with Gasteiger partial charge in [-0.1, -0.05) is 6.92 Å². The molecule has 1 atom stereocenters. The van der Waals surface area contributed by atoms with E-state index in [9.17, 15) is 9.59 Å². The van der Waals surface area contributed by atoms with Gasteiger partial charge in [-0.25, -0.2) is 4.98 Å². The fraction of sp³-hybridized carbons (Fsp3) is 0.471. The lowest BCUT2D eigenvalue weighted by atomic mass is 9.87. The number of aromatic amines is 1. The fourth-order valence-electron chi connectivity index (χ4n) is 2.95. The quantitative estimate of drug-likeness (QED) is 0.902. The molecule has 0 radical (unpaired) electrons. The van der Waals surface area contributed by atoms with Crippen molar-refractivity contribution >= 4 is 17.2 Å². The summed E-state index contributed by atoms with van der Waals surface area (Å²) in [6.07, 6.45) is 3.58. The van der Waals surface area contributed by atoms with E-state index < -0.39 is 0 Å². The Hall–Kier alpha value is -1.95. The molecule has 23 heavy (non-hydrogen) atoms. The Kier molecular flexibility index (Phi) is 4.61. The molecule has 122 valence electrons. The molecule has 0 bridgehead atoms. The summed E-state index contributed by atoms with van der Waals surface area (Å²) in [5.74, 6) is 0.290. The van der Waals surface area contributed by atoms with Gasteiger partial charge in [-0.3, -0.25) is 9.59 Å². The zero-order valence-electron chi connectivity index (χ0n) is 13.4. The lowest BCUT2D eigenvalue weighted by Gasteiger charge is -2.21. The van der Waals surface area contributed by atoms with Gasteiger partial charge >= 0.3 is 0 Å². The molecule has 0 aliphatic heterocycles. The van der Waals surface area contributed by atoms with Crippen LogP contribution < -0.4 is 10.9 Å². The largest absolute Gasteiger partial charge is 0.351 e. The van der Waals surface area contributed by atoms with Crippen molar-refractivity contribution in [2.75, 3.05) is 6.54 Å². The molecule has 5 nitrogen and oxygen atoms in total. The highest BCUT2D eigenvalue weighted by atomic mass is 32.1. The third-order valence-electron chi connectivity index (χ3n) is 4.21. The Balaban J connectivity index is 1.67. The minimum atomic E-state index is -0.305. The zero-order valence-corrected chi connectivity index (χ0v) is 14.3. The molecule has 0 aromatic carbocycles. The molecule has 3 rings (SSSR count). The molecule has 2 N–H and O–H groups in total. The summed E-state index contributed by atoms with van der Waals surface area (Å²) < 4.78 is 0. The second-order valence-corrected chi connectivity index (χ2v) is 7.20. The van der Waals surface area contributed by atoms with Gasteiger partial charge in [0.05, 0.1) is 5.01 Å². The number of nitrogens with zero attached hydrogens (tertiary/aromatic N) is 1. The van der Waals surface area contributed by atoms with E-state index in [0.29, 0.717) is 18.9 Å². The maximum atomic E-state index is 12.3. The van der Waals surface area contributed by atoms with Crippen LogP contribution in [-0.2, 0) is 19.3 Å². The monoisotopic (exact) mass is 331 g/mol. The van der Waals surface area contributed by atoms with Crippen LogP contribution in [0.3, 0.4) is 0 Å². The van der Waals surface area contributed by atoms with Crippen molar-refractivity contribution in [2.24, 2.45) is 5.92 Å².